The molecule has 0 aliphatic heterocycles. The van der Waals surface area contributed by atoms with Crippen LogP contribution in [0.2, 0.25) is 0 Å². The van der Waals surface area contributed by atoms with Gasteiger partial charge in [0.1, 0.15) is 0 Å². The molecule has 0 spiro atoms. The van der Waals surface area contributed by atoms with E-state index in [1.807, 2.05) is 0 Å². The number of hydrogen-bond acceptors (Lipinski definition) is 3. The summed E-state index contributed by atoms with van der Waals surface area (Å²) in [4.78, 5) is 0. The first kappa shape index (κ1) is 25.2. The molecular weight excluding hydrogens is 386 g/mol. The van der Waals surface area contributed by atoms with Crippen molar-refractivity contribution in [3.63, 3.8) is 0 Å². The molecular formula is C8H8F9KO3S. The zero-order chi connectivity index (χ0) is 17.3. The van der Waals surface area contributed by atoms with Gasteiger partial charge in [0.15, 0.2) is 10.1 Å². The fraction of sp³-hybridized carbons (Fsp3) is 1.00. The molecule has 0 N–H and O–H groups in total. The molecule has 22 heavy (non-hydrogen) atoms. The van der Waals surface area contributed by atoms with Crippen molar-refractivity contribution >= 4 is 10.1 Å². The summed E-state index contributed by atoms with van der Waals surface area (Å²) in [7, 11) is -7.09. The molecule has 0 fully saturated rings. The van der Waals surface area contributed by atoms with Gasteiger partial charge in [0.2, 0.25) is 0 Å². The molecule has 0 unspecified atom stereocenters. The summed E-state index contributed by atoms with van der Waals surface area (Å²) in [5, 5.41) is -6.59. The number of unbranched alkanes of at least 4 members (excludes halogenated alkanes) is 1. The molecule has 0 rings (SSSR count). The molecule has 0 aliphatic rings. The molecule has 0 aromatic carbocycles. The molecule has 0 amide bonds. The Morgan fingerprint density at radius 3 is 1.45 bits per heavy atom. The molecule has 0 bridgehead atoms. The van der Waals surface area contributed by atoms with E-state index in [0.29, 0.717) is 0 Å². The van der Waals surface area contributed by atoms with Crippen LogP contribution in [0.5, 0.6) is 0 Å². The number of halogens is 9. The summed E-state index contributed by atoms with van der Waals surface area (Å²) in [6, 6.07) is 0. The topological polar surface area (TPSA) is 57.2 Å². The Morgan fingerprint density at radius 2 is 1.14 bits per heavy atom. The second-order valence-electron chi connectivity index (χ2n) is 4.07. The first-order valence-electron chi connectivity index (χ1n) is 5.11. The zero-order valence-electron chi connectivity index (χ0n) is 10.9. The van der Waals surface area contributed by atoms with Gasteiger partial charge in [0, 0.05) is 12.8 Å². The average Bonchev–Trinajstić information content (AvgIpc) is 2.21. The normalized spacial score (nSPS) is 14.6. The largest absolute Gasteiger partial charge is 1.00 e. The van der Waals surface area contributed by atoms with Gasteiger partial charge in [-0.15, -0.1) is 0 Å². The van der Waals surface area contributed by atoms with Crippen molar-refractivity contribution in [3.8, 4) is 0 Å². The van der Waals surface area contributed by atoms with Crippen LogP contribution in [0.1, 0.15) is 25.7 Å². The summed E-state index contributed by atoms with van der Waals surface area (Å²) >= 11 is 0. The molecule has 0 saturated heterocycles. The van der Waals surface area contributed by atoms with Crippen molar-refractivity contribution < 1.29 is 104 Å². The molecule has 3 nitrogen and oxygen atoms in total. The Labute approximate surface area is 161 Å². The number of hydrogen-bond donors (Lipinski definition) is 0. The van der Waals surface area contributed by atoms with E-state index in [0.717, 1.165) is 0 Å². The van der Waals surface area contributed by atoms with Gasteiger partial charge in [0.05, 0.1) is 0 Å². The van der Waals surface area contributed by atoms with Crippen molar-refractivity contribution in [2.24, 2.45) is 0 Å². The van der Waals surface area contributed by atoms with Gasteiger partial charge in [-0.1, -0.05) is 0 Å². The maximum atomic E-state index is 12.9. The molecule has 14 heteroatoms. The van der Waals surface area contributed by atoms with E-state index in [1.165, 1.54) is 0 Å². The second-order valence-corrected chi connectivity index (χ2v) is 5.49. The maximum absolute atomic E-state index is 12.9. The summed E-state index contributed by atoms with van der Waals surface area (Å²) < 4.78 is 142. The molecule has 0 heterocycles. The van der Waals surface area contributed by atoms with E-state index in [9.17, 15) is 52.5 Å². The molecule has 0 saturated carbocycles. The number of alkyl halides is 9. The quantitative estimate of drug-likeness (QED) is 0.274. The summed E-state index contributed by atoms with van der Waals surface area (Å²) in [6.45, 7) is 0. The van der Waals surface area contributed by atoms with E-state index < -0.39 is 59.1 Å². The fourth-order valence-corrected chi connectivity index (χ4v) is 1.66. The van der Waals surface area contributed by atoms with Crippen LogP contribution in [-0.2, 0) is 10.1 Å². The zero-order valence-corrected chi connectivity index (χ0v) is 14.8. The predicted octanol–water partition coefficient (Wildman–Crippen LogP) is 0.522. The Kier molecular flexibility index (Phi) is 8.99. The minimum Gasteiger partial charge on any atom is -0.743 e. The van der Waals surface area contributed by atoms with Gasteiger partial charge in [-0.05, 0) is 12.8 Å². The fourth-order valence-electron chi connectivity index (χ4n) is 1.20. The van der Waals surface area contributed by atoms with Crippen LogP contribution >= 0.6 is 0 Å². The Balaban J connectivity index is 0. The van der Waals surface area contributed by atoms with Crippen LogP contribution in [-0.4, -0.2) is 36.2 Å². The molecule has 0 radical (unpaired) electrons. The Morgan fingerprint density at radius 1 is 0.773 bits per heavy atom. The van der Waals surface area contributed by atoms with E-state index in [-0.39, 0.29) is 51.4 Å². The van der Waals surface area contributed by atoms with Crippen LogP contribution in [0.25, 0.3) is 0 Å². The Hall–Kier alpha value is 0.916. The smallest absolute Gasteiger partial charge is 0.743 e. The molecule has 0 aromatic rings. The van der Waals surface area contributed by atoms with Gasteiger partial charge in [0.25, 0.3) is 0 Å². The first-order valence-corrected chi connectivity index (χ1v) is 6.52. The van der Waals surface area contributed by atoms with Gasteiger partial charge >= 0.3 is 74.7 Å². The van der Waals surface area contributed by atoms with E-state index in [4.69, 9.17) is 0 Å². The van der Waals surface area contributed by atoms with Crippen molar-refractivity contribution in [3.05, 3.63) is 0 Å². The second kappa shape index (κ2) is 7.86. The molecule has 0 aliphatic carbocycles. The Bertz CT molecular complexity index is 460. The minimum atomic E-state index is -7.09. The van der Waals surface area contributed by atoms with Crippen molar-refractivity contribution in [2.75, 3.05) is 0 Å². The average molecular weight is 394 g/mol. The minimum absolute atomic E-state index is 0. The van der Waals surface area contributed by atoms with E-state index in [1.54, 1.807) is 0 Å². The third-order valence-electron chi connectivity index (χ3n) is 2.34. The van der Waals surface area contributed by atoms with Crippen molar-refractivity contribution in [1.82, 2.24) is 0 Å². The summed E-state index contributed by atoms with van der Waals surface area (Å²) in [5.41, 5.74) is 0. The van der Waals surface area contributed by atoms with E-state index >= 15 is 0 Å². The van der Waals surface area contributed by atoms with Crippen LogP contribution < -0.4 is 51.4 Å². The summed E-state index contributed by atoms with van der Waals surface area (Å²) in [6.07, 6.45) is -10.8. The first-order chi connectivity index (χ1) is 8.96. The van der Waals surface area contributed by atoms with Crippen LogP contribution in [0.4, 0.5) is 39.5 Å². The van der Waals surface area contributed by atoms with Gasteiger partial charge in [-0.25, -0.2) is 8.42 Å². The molecule has 128 valence electrons. The van der Waals surface area contributed by atoms with Gasteiger partial charge in [-0.3, -0.25) is 0 Å². The van der Waals surface area contributed by atoms with Crippen LogP contribution in [0.3, 0.4) is 0 Å². The van der Waals surface area contributed by atoms with Crippen molar-refractivity contribution in [1.29, 1.82) is 0 Å². The predicted molar refractivity (Wildman–Crippen MR) is 49.1 cm³/mol. The van der Waals surface area contributed by atoms with Crippen LogP contribution in [0, 0.1) is 0 Å². The maximum Gasteiger partial charge on any atom is 1.00 e. The van der Waals surface area contributed by atoms with Gasteiger partial charge in [-0.2, -0.15) is 39.5 Å². The van der Waals surface area contributed by atoms with Crippen LogP contribution in [0.15, 0.2) is 0 Å². The van der Waals surface area contributed by atoms with E-state index in [2.05, 4.69) is 0 Å². The third-order valence-corrected chi connectivity index (χ3v) is 3.22. The molecule has 0 aromatic heterocycles. The number of rotatable bonds is 7. The molecule has 0 atom stereocenters. The van der Waals surface area contributed by atoms with Gasteiger partial charge < -0.3 is 4.55 Å². The third kappa shape index (κ3) is 6.09. The summed E-state index contributed by atoms with van der Waals surface area (Å²) in [5.74, 6) is -12.2. The monoisotopic (exact) mass is 394 g/mol. The standard InChI is InChI=1S/C8H9F9O3S.K/c9-5(10,3-1-2-4-6(11,12)13)7(14,15)8(16,17)21(18,19)20;/h1-4H2,(H,18,19,20);/q;+1/p-1. The SMILES string of the molecule is O=S(=O)([O-])C(F)(F)C(F)(F)C(F)(F)CCCCC(F)(F)F.[K+]. The van der Waals surface area contributed by atoms with Crippen molar-refractivity contribution in [2.45, 2.75) is 49.0 Å².